The number of nitrogens with zero attached hydrogens (tertiary/aromatic N) is 3. The lowest BCUT2D eigenvalue weighted by Crippen LogP contribution is -2.28. The highest BCUT2D eigenvalue weighted by Gasteiger charge is 2.33. The first kappa shape index (κ1) is 16.7. The molecule has 1 atom stereocenters. The molecule has 1 aliphatic rings. The average Bonchev–Trinajstić information content (AvgIpc) is 3.39. The number of hydrogen-bond donors (Lipinski definition) is 0. The van der Waals surface area contributed by atoms with Crippen molar-refractivity contribution < 1.29 is 8.81 Å². The highest BCUT2D eigenvalue weighted by atomic mass is 19.1. The molecule has 0 N–H and O–H groups in total. The molecule has 138 valence electrons. The van der Waals surface area contributed by atoms with Gasteiger partial charge in [-0.2, -0.15) is 0 Å². The van der Waals surface area contributed by atoms with Gasteiger partial charge in [-0.15, -0.1) is 10.2 Å². The van der Waals surface area contributed by atoms with Crippen LogP contribution >= 0.6 is 0 Å². The predicted molar refractivity (Wildman–Crippen MR) is 105 cm³/mol. The summed E-state index contributed by atoms with van der Waals surface area (Å²) in [6.07, 6.45) is 0.904. The summed E-state index contributed by atoms with van der Waals surface area (Å²) in [6.45, 7) is 0.765. The fourth-order valence-electron chi connectivity index (χ4n) is 3.81. The van der Waals surface area contributed by atoms with Crippen LogP contribution in [0.1, 0.15) is 23.1 Å². The number of aromatic nitrogens is 2. The summed E-state index contributed by atoms with van der Waals surface area (Å²) in [5.74, 6) is 0.543. The highest BCUT2D eigenvalue weighted by Crippen LogP contribution is 2.39. The van der Waals surface area contributed by atoms with E-state index in [1.807, 2.05) is 48.5 Å². The van der Waals surface area contributed by atoms with Crippen molar-refractivity contribution in [3.63, 3.8) is 0 Å². The van der Waals surface area contributed by atoms with E-state index in [0.717, 1.165) is 24.2 Å². The molecule has 4 nitrogen and oxygen atoms in total. The van der Waals surface area contributed by atoms with Crippen LogP contribution in [-0.4, -0.2) is 16.7 Å². The molecule has 5 heteroatoms. The summed E-state index contributed by atoms with van der Waals surface area (Å²) in [6, 6.07) is 24.1. The number of halogens is 1. The van der Waals surface area contributed by atoms with Crippen LogP contribution in [0.2, 0.25) is 0 Å². The van der Waals surface area contributed by atoms with Gasteiger partial charge in [0, 0.05) is 23.4 Å². The molecule has 5 rings (SSSR count). The van der Waals surface area contributed by atoms with E-state index in [1.165, 1.54) is 11.6 Å². The van der Waals surface area contributed by atoms with Gasteiger partial charge in [0.15, 0.2) is 0 Å². The second-order valence-electron chi connectivity index (χ2n) is 6.81. The van der Waals surface area contributed by atoms with Gasteiger partial charge in [-0.3, -0.25) is 0 Å². The van der Waals surface area contributed by atoms with Crippen LogP contribution in [0.15, 0.2) is 83.3 Å². The number of hydrogen-bond acceptors (Lipinski definition) is 4. The molecule has 0 amide bonds. The molecule has 0 radical (unpaired) electrons. The Morgan fingerprint density at radius 3 is 2.46 bits per heavy atom. The Morgan fingerprint density at radius 2 is 1.61 bits per heavy atom. The number of fused-ring (bicyclic) bond motifs is 1. The van der Waals surface area contributed by atoms with E-state index in [2.05, 4.69) is 27.2 Å². The van der Waals surface area contributed by atoms with Crippen LogP contribution in [0.4, 0.5) is 10.1 Å². The summed E-state index contributed by atoms with van der Waals surface area (Å²) in [7, 11) is 0. The van der Waals surface area contributed by atoms with Crippen LogP contribution in [0.3, 0.4) is 0 Å². The maximum atomic E-state index is 14.8. The lowest BCUT2D eigenvalue weighted by atomic mass is 10.0. The summed E-state index contributed by atoms with van der Waals surface area (Å²) >= 11 is 0. The van der Waals surface area contributed by atoms with Gasteiger partial charge in [0.05, 0.1) is 0 Å². The molecule has 4 aromatic rings. The molecule has 1 aliphatic heterocycles. The standard InChI is InChI=1S/C23H18FN3O/c24-19-12-6-5-11-18(19)21(27-15-14-16-8-4-7-13-20(16)27)23-26-25-22(28-23)17-9-2-1-3-10-17/h1-13,21H,14-15H2/t21-/m1/s1. The third-order valence-electron chi connectivity index (χ3n) is 5.13. The monoisotopic (exact) mass is 371 g/mol. The first-order valence-corrected chi connectivity index (χ1v) is 9.29. The van der Waals surface area contributed by atoms with Crippen molar-refractivity contribution in [1.82, 2.24) is 10.2 Å². The maximum Gasteiger partial charge on any atom is 0.247 e. The normalized spacial score (nSPS) is 14.1. The first-order chi connectivity index (χ1) is 13.8. The van der Waals surface area contributed by atoms with Gasteiger partial charge in [-0.25, -0.2) is 4.39 Å². The fraction of sp³-hybridized carbons (Fsp3) is 0.130. The van der Waals surface area contributed by atoms with E-state index in [4.69, 9.17) is 4.42 Å². The van der Waals surface area contributed by atoms with E-state index in [-0.39, 0.29) is 5.82 Å². The highest BCUT2D eigenvalue weighted by molar-refractivity contribution is 5.61. The van der Waals surface area contributed by atoms with Crippen LogP contribution in [0.5, 0.6) is 0 Å². The zero-order valence-electron chi connectivity index (χ0n) is 15.1. The van der Waals surface area contributed by atoms with Gasteiger partial charge in [0.1, 0.15) is 11.9 Å². The molecule has 0 spiro atoms. The molecule has 0 saturated heterocycles. The van der Waals surface area contributed by atoms with Gasteiger partial charge < -0.3 is 9.32 Å². The SMILES string of the molecule is Fc1ccccc1[C@H](c1nnc(-c2ccccc2)o1)N1CCc2ccccc21. The minimum Gasteiger partial charge on any atom is -0.418 e. The third kappa shape index (κ3) is 2.85. The van der Waals surface area contributed by atoms with Gasteiger partial charge >= 0.3 is 0 Å². The summed E-state index contributed by atoms with van der Waals surface area (Å²) in [5.41, 5.74) is 3.69. The molecule has 2 heterocycles. The van der Waals surface area contributed by atoms with Crippen LogP contribution < -0.4 is 4.90 Å². The second kappa shape index (κ2) is 6.93. The minimum atomic E-state index is -0.477. The van der Waals surface area contributed by atoms with Crippen molar-refractivity contribution in [1.29, 1.82) is 0 Å². The second-order valence-corrected chi connectivity index (χ2v) is 6.81. The Labute approximate surface area is 162 Å². The Kier molecular flexibility index (Phi) is 4.13. The predicted octanol–water partition coefficient (Wildman–Crippen LogP) is 5.03. The minimum absolute atomic E-state index is 0.281. The zero-order chi connectivity index (χ0) is 18.9. The molecular formula is C23H18FN3O. The molecule has 0 bridgehead atoms. The lowest BCUT2D eigenvalue weighted by molar-refractivity contribution is 0.461. The summed E-state index contributed by atoms with van der Waals surface area (Å²) in [5, 5.41) is 8.53. The van der Waals surface area contributed by atoms with E-state index in [0.29, 0.717) is 17.3 Å². The van der Waals surface area contributed by atoms with E-state index < -0.39 is 6.04 Å². The van der Waals surface area contributed by atoms with Gasteiger partial charge in [0.2, 0.25) is 11.8 Å². The largest absolute Gasteiger partial charge is 0.418 e. The van der Waals surface area contributed by atoms with Crippen molar-refractivity contribution in [3.8, 4) is 11.5 Å². The average molecular weight is 371 g/mol. The van der Waals surface area contributed by atoms with Gasteiger partial charge in [-0.05, 0) is 36.2 Å². The smallest absolute Gasteiger partial charge is 0.247 e. The third-order valence-corrected chi connectivity index (χ3v) is 5.13. The summed E-state index contributed by atoms with van der Waals surface area (Å²) < 4.78 is 20.8. The molecule has 0 fully saturated rings. The molecule has 0 unspecified atom stereocenters. The van der Waals surface area contributed by atoms with Crippen molar-refractivity contribution in [2.45, 2.75) is 12.5 Å². The fourth-order valence-corrected chi connectivity index (χ4v) is 3.81. The van der Waals surface area contributed by atoms with Gasteiger partial charge in [-0.1, -0.05) is 54.6 Å². The number of para-hydroxylation sites is 1. The number of anilines is 1. The molecule has 1 aromatic heterocycles. The Bertz CT molecular complexity index is 1110. The topological polar surface area (TPSA) is 42.2 Å². The van der Waals surface area contributed by atoms with Gasteiger partial charge in [0.25, 0.3) is 0 Å². The molecular weight excluding hydrogens is 353 g/mol. The molecule has 0 saturated carbocycles. The Hall–Kier alpha value is -3.47. The Morgan fingerprint density at radius 1 is 0.857 bits per heavy atom. The number of benzene rings is 3. The number of rotatable bonds is 4. The van der Waals surface area contributed by atoms with E-state index >= 15 is 0 Å². The first-order valence-electron chi connectivity index (χ1n) is 9.29. The van der Waals surface area contributed by atoms with Crippen LogP contribution in [0, 0.1) is 5.82 Å². The van der Waals surface area contributed by atoms with E-state index in [9.17, 15) is 4.39 Å². The van der Waals surface area contributed by atoms with Crippen molar-refractivity contribution in [3.05, 3.63) is 102 Å². The van der Waals surface area contributed by atoms with Crippen molar-refractivity contribution in [2.75, 3.05) is 11.4 Å². The quantitative estimate of drug-likeness (QED) is 0.505. The molecule has 28 heavy (non-hydrogen) atoms. The molecule has 3 aromatic carbocycles. The molecule has 0 aliphatic carbocycles. The van der Waals surface area contributed by atoms with Crippen molar-refractivity contribution >= 4 is 5.69 Å². The van der Waals surface area contributed by atoms with Crippen LogP contribution in [-0.2, 0) is 6.42 Å². The summed E-state index contributed by atoms with van der Waals surface area (Å²) in [4.78, 5) is 2.15. The van der Waals surface area contributed by atoms with Crippen molar-refractivity contribution in [2.24, 2.45) is 0 Å². The zero-order valence-corrected chi connectivity index (χ0v) is 15.1. The lowest BCUT2D eigenvalue weighted by Gasteiger charge is -2.28. The van der Waals surface area contributed by atoms with E-state index in [1.54, 1.807) is 12.1 Å². The maximum absolute atomic E-state index is 14.8. The van der Waals surface area contributed by atoms with Crippen LogP contribution in [0.25, 0.3) is 11.5 Å². The Balaban J connectivity index is 1.62.